The van der Waals surface area contributed by atoms with Crippen molar-refractivity contribution in [3.05, 3.63) is 0 Å². The Morgan fingerprint density at radius 2 is 1.22 bits per heavy atom. The van der Waals surface area contributed by atoms with Gasteiger partial charge in [0.2, 0.25) is 0 Å². The Morgan fingerprint density at radius 1 is 0.778 bits per heavy atom. The smallest absolute Gasteiger partial charge is 0.306 e. The highest BCUT2D eigenvalue weighted by Crippen LogP contribution is 2.13. The highest BCUT2D eigenvalue weighted by atomic mass is 16.5. The van der Waals surface area contributed by atoms with Gasteiger partial charge in [0.25, 0.3) is 0 Å². The van der Waals surface area contributed by atoms with Gasteiger partial charge in [-0.05, 0) is 26.7 Å². The normalized spacial score (nSPS) is 12.5. The monoisotopic (exact) mass is 388 g/mol. The summed E-state index contributed by atoms with van der Waals surface area (Å²) < 4.78 is 10.4. The Bertz CT molecular complexity index is 320. The molecule has 0 amide bonds. The summed E-state index contributed by atoms with van der Waals surface area (Å²) in [6.45, 7) is 4.47. The molecule has 0 aliphatic heterocycles. The molecule has 27 heavy (non-hydrogen) atoms. The van der Waals surface area contributed by atoms with Gasteiger partial charge in [0, 0.05) is 13.0 Å². The maximum Gasteiger partial charge on any atom is 0.306 e. The predicted molar refractivity (Wildman–Crippen MR) is 110 cm³/mol. The Balaban J connectivity index is 3.10. The standard InChI is InChI=1S/C22H44O5/c1-20(2)27-22(25)16-14-12-10-8-6-4-3-5-7-9-11-13-15-17-26-19-21(24)18-23/h20-21,23-24H,3-19H2,1-2H3. The van der Waals surface area contributed by atoms with E-state index in [1.165, 1.54) is 64.2 Å². The minimum absolute atomic E-state index is 0.00361. The van der Waals surface area contributed by atoms with E-state index in [1.807, 2.05) is 13.8 Å². The van der Waals surface area contributed by atoms with E-state index in [2.05, 4.69) is 0 Å². The minimum Gasteiger partial charge on any atom is -0.463 e. The molecule has 0 aromatic rings. The van der Waals surface area contributed by atoms with Crippen LogP contribution in [-0.4, -0.2) is 48.2 Å². The SMILES string of the molecule is CC(C)OC(=O)CCCCCCCCCCCCCCCOCC(O)CO. The van der Waals surface area contributed by atoms with Crippen molar-refractivity contribution in [3.8, 4) is 0 Å². The van der Waals surface area contributed by atoms with Gasteiger partial charge in [-0.15, -0.1) is 0 Å². The number of esters is 1. The minimum atomic E-state index is -0.737. The number of carbonyl (C=O) groups is 1. The second-order valence-electron chi connectivity index (χ2n) is 7.80. The van der Waals surface area contributed by atoms with Gasteiger partial charge in [-0.2, -0.15) is 0 Å². The quantitative estimate of drug-likeness (QED) is 0.232. The first kappa shape index (κ1) is 26.4. The van der Waals surface area contributed by atoms with Gasteiger partial charge in [-0.25, -0.2) is 0 Å². The van der Waals surface area contributed by atoms with E-state index in [9.17, 15) is 4.79 Å². The fourth-order valence-corrected chi connectivity index (χ4v) is 3.01. The third-order valence-electron chi connectivity index (χ3n) is 4.56. The molecule has 5 heteroatoms. The molecule has 5 nitrogen and oxygen atoms in total. The van der Waals surface area contributed by atoms with Crippen molar-refractivity contribution >= 4 is 5.97 Å². The maximum absolute atomic E-state index is 11.4. The topological polar surface area (TPSA) is 76.0 Å². The number of aliphatic hydroxyl groups is 2. The van der Waals surface area contributed by atoms with Crippen molar-refractivity contribution in [3.63, 3.8) is 0 Å². The summed E-state index contributed by atoms with van der Waals surface area (Å²) in [7, 11) is 0. The van der Waals surface area contributed by atoms with Crippen molar-refractivity contribution in [1.29, 1.82) is 0 Å². The molecule has 1 unspecified atom stereocenters. The Morgan fingerprint density at radius 3 is 1.67 bits per heavy atom. The summed E-state index contributed by atoms with van der Waals surface area (Å²) in [5, 5.41) is 17.8. The molecular formula is C22H44O5. The first-order valence-electron chi connectivity index (χ1n) is 11.1. The summed E-state index contributed by atoms with van der Waals surface area (Å²) in [6.07, 6.45) is 15.8. The first-order valence-corrected chi connectivity index (χ1v) is 11.1. The highest BCUT2D eigenvalue weighted by molar-refractivity contribution is 5.69. The Labute approximate surface area is 166 Å². The molecule has 0 aromatic carbocycles. The third-order valence-corrected chi connectivity index (χ3v) is 4.56. The molecule has 0 bridgehead atoms. The van der Waals surface area contributed by atoms with E-state index in [-0.39, 0.29) is 25.3 Å². The largest absolute Gasteiger partial charge is 0.463 e. The van der Waals surface area contributed by atoms with E-state index in [1.54, 1.807) is 0 Å². The Hall–Kier alpha value is -0.650. The third kappa shape index (κ3) is 21.5. The number of rotatable bonds is 20. The van der Waals surface area contributed by atoms with Crippen molar-refractivity contribution in [2.45, 2.75) is 116 Å². The molecule has 1 atom stereocenters. The molecular weight excluding hydrogens is 344 g/mol. The van der Waals surface area contributed by atoms with Crippen LogP contribution in [0.1, 0.15) is 104 Å². The van der Waals surface area contributed by atoms with Gasteiger partial charge in [0.1, 0.15) is 6.10 Å². The van der Waals surface area contributed by atoms with E-state index < -0.39 is 6.10 Å². The highest BCUT2D eigenvalue weighted by Gasteiger charge is 2.04. The molecule has 0 heterocycles. The molecule has 0 aliphatic carbocycles. The number of unbranched alkanes of at least 4 members (excludes halogenated alkanes) is 12. The van der Waals surface area contributed by atoms with Gasteiger partial charge < -0.3 is 19.7 Å². The second-order valence-corrected chi connectivity index (χ2v) is 7.80. The van der Waals surface area contributed by atoms with Crippen LogP contribution in [0.4, 0.5) is 0 Å². The fourth-order valence-electron chi connectivity index (χ4n) is 3.01. The molecule has 0 radical (unpaired) electrons. The first-order chi connectivity index (χ1) is 13.1. The molecule has 0 aliphatic rings. The van der Waals surface area contributed by atoms with Crippen LogP contribution >= 0.6 is 0 Å². The van der Waals surface area contributed by atoms with Crippen LogP contribution in [0, 0.1) is 0 Å². The van der Waals surface area contributed by atoms with Crippen molar-refractivity contribution in [1.82, 2.24) is 0 Å². The van der Waals surface area contributed by atoms with E-state index in [0.29, 0.717) is 13.0 Å². The predicted octanol–water partition coefficient (Wildman–Crippen LogP) is 4.77. The molecule has 162 valence electrons. The van der Waals surface area contributed by atoms with Crippen LogP contribution in [0.2, 0.25) is 0 Å². The van der Waals surface area contributed by atoms with Gasteiger partial charge in [-0.3, -0.25) is 4.79 Å². The van der Waals surface area contributed by atoms with Gasteiger partial charge in [0.05, 0.1) is 19.3 Å². The van der Waals surface area contributed by atoms with Crippen LogP contribution in [0.3, 0.4) is 0 Å². The zero-order chi connectivity index (χ0) is 20.2. The maximum atomic E-state index is 11.4. The molecule has 0 rings (SSSR count). The van der Waals surface area contributed by atoms with Crippen LogP contribution in [0.15, 0.2) is 0 Å². The van der Waals surface area contributed by atoms with Gasteiger partial charge >= 0.3 is 5.97 Å². The number of aliphatic hydroxyl groups excluding tert-OH is 2. The van der Waals surface area contributed by atoms with Crippen LogP contribution < -0.4 is 0 Å². The summed E-state index contributed by atoms with van der Waals surface area (Å²) in [6, 6.07) is 0. The summed E-state index contributed by atoms with van der Waals surface area (Å²) in [4.78, 5) is 11.4. The number of hydrogen-bond donors (Lipinski definition) is 2. The molecule has 0 aromatic heterocycles. The lowest BCUT2D eigenvalue weighted by molar-refractivity contribution is -0.147. The molecule has 0 saturated carbocycles. The van der Waals surface area contributed by atoms with Gasteiger partial charge in [0.15, 0.2) is 0 Å². The lowest BCUT2D eigenvalue weighted by Crippen LogP contribution is -2.19. The summed E-state index contributed by atoms with van der Waals surface area (Å²) in [5.74, 6) is -0.0574. The molecule has 2 N–H and O–H groups in total. The second kappa shape index (κ2) is 20.1. The lowest BCUT2D eigenvalue weighted by atomic mass is 10.0. The average molecular weight is 389 g/mol. The van der Waals surface area contributed by atoms with E-state index >= 15 is 0 Å². The molecule has 0 fully saturated rings. The number of hydrogen-bond acceptors (Lipinski definition) is 5. The molecule has 0 spiro atoms. The van der Waals surface area contributed by atoms with Crippen LogP contribution in [-0.2, 0) is 14.3 Å². The summed E-state index contributed by atoms with van der Waals surface area (Å²) in [5.41, 5.74) is 0. The van der Waals surface area contributed by atoms with Crippen LogP contribution in [0.5, 0.6) is 0 Å². The van der Waals surface area contributed by atoms with Crippen molar-refractivity contribution < 1.29 is 24.5 Å². The van der Waals surface area contributed by atoms with E-state index in [4.69, 9.17) is 19.7 Å². The van der Waals surface area contributed by atoms with Gasteiger partial charge in [-0.1, -0.05) is 70.6 Å². The lowest BCUT2D eigenvalue weighted by Gasteiger charge is -2.08. The summed E-state index contributed by atoms with van der Waals surface area (Å²) >= 11 is 0. The van der Waals surface area contributed by atoms with Crippen molar-refractivity contribution in [2.75, 3.05) is 19.8 Å². The average Bonchev–Trinajstić information content (AvgIpc) is 2.63. The Kier molecular flexibility index (Phi) is 19.6. The van der Waals surface area contributed by atoms with Crippen LogP contribution in [0.25, 0.3) is 0 Å². The van der Waals surface area contributed by atoms with Crippen molar-refractivity contribution in [2.24, 2.45) is 0 Å². The zero-order valence-corrected chi connectivity index (χ0v) is 17.8. The number of carbonyl (C=O) groups excluding carboxylic acids is 1. The number of ether oxygens (including phenoxy) is 2. The zero-order valence-electron chi connectivity index (χ0n) is 17.8. The molecule has 0 saturated heterocycles. The fraction of sp³-hybridized carbons (Fsp3) is 0.955. The van der Waals surface area contributed by atoms with E-state index in [0.717, 1.165) is 19.3 Å².